The van der Waals surface area contributed by atoms with Crippen LogP contribution in [0.1, 0.15) is 37.2 Å². The zero-order valence-electron chi connectivity index (χ0n) is 10.4. The predicted octanol–water partition coefficient (Wildman–Crippen LogP) is 1.66. The molecule has 2 rings (SSSR count). The molecule has 0 radical (unpaired) electrons. The second kappa shape index (κ2) is 6.15. The van der Waals surface area contributed by atoms with E-state index >= 15 is 0 Å². The molecule has 1 saturated carbocycles. The maximum atomic E-state index is 11.9. The highest BCUT2D eigenvalue weighted by Gasteiger charge is 2.35. The highest BCUT2D eigenvalue weighted by Crippen LogP contribution is 2.41. The van der Waals surface area contributed by atoms with Gasteiger partial charge in [0.05, 0.1) is 18.7 Å². The summed E-state index contributed by atoms with van der Waals surface area (Å²) >= 11 is 1.57. The van der Waals surface area contributed by atoms with Crippen LogP contribution in [0.4, 0.5) is 4.79 Å². The van der Waals surface area contributed by atoms with Crippen LogP contribution >= 0.6 is 11.3 Å². The van der Waals surface area contributed by atoms with E-state index < -0.39 is 0 Å². The number of aliphatic hydroxyl groups excluding tert-OH is 1. The van der Waals surface area contributed by atoms with Crippen molar-refractivity contribution in [1.29, 1.82) is 0 Å². The number of thiazole rings is 1. The third-order valence-electron chi connectivity index (χ3n) is 3.15. The molecule has 0 spiro atoms. The first-order chi connectivity index (χ1) is 8.74. The molecule has 0 saturated heterocycles. The number of rotatable bonds is 6. The van der Waals surface area contributed by atoms with Crippen molar-refractivity contribution < 1.29 is 9.90 Å². The Morgan fingerprint density at radius 2 is 2.39 bits per heavy atom. The molecular formula is C12H19N3O2S. The minimum Gasteiger partial charge on any atom is -0.394 e. The first-order valence-corrected chi connectivity index (χ1v) is 7.19. The molecular weight excluding hydrogens is 250 g/mol. The Balaban J connectivity index is 1.91. The Bertz CT molecular complexity index is 375. The lowest BCUT2D eigenvalue weighted by Crippen LogP contribution is -2.45. The third-order valence-corrected chi connectivity index (χ3v) is 4.00. The predicted molar refractivity (Wildman–Crippen MR) is 70.4 cm³/mol. The van der Waals surface area contributed by atoms with Gasteiger partial charge in [-0.05, 0) is 25.2 Å². The molecule has 1 aromatic rings. The molecule has 1 fully saturated rings. The van der Waals surface area contributed by atoms with Crippen LogP contribution in [0.5, 0.6) is 0 Å². The van der Waals surface area contributed by atoms with Gasteiger partial charge in [-0.2, -0.15) is 0 Å². The average molecular weight is 269 g/mol. The molecule has 0 aliphatic heterocycles. The molecule has 100 valence electrons. The van der Waals surface area contributed by atoms with Gasteiger partial charge in [0.15, 0.2) is 0 Å². The van der Waals surface area contributed by atoms with Crippen molar-refractivity contribution in [2.24, 2.45) is 5.92 Å². The van der Waals surface area contributed by atoms with Crippen molar-refractivity contribution in [3.05, 3.63) is 16.6 Å². The number of hydrogen-bond donors (Lipinski definition) is 3. The first kappa shape index (κ1) is 13.3. The Hall–Kier alpha value is -1.14. The minimum atomic E-state index is -0.219. The molecule has 0 aromatic carbocycles. The quantitative estimate of drug-likeness (QED) is 0.735. The highest BCUT2D eigenvalue weighted by molar-refractivity contribution is 7.09. The van der Waals surface area contributed by atoms with Crippen molar-refractivity contribution in [2.75, 3.05) is 6.61 Å². The molecule has 1 aliphatic carbocycles. The van der Waals surface area contributed by atoms with Crippen molar-refractivity contribution in [2.45, 2.75) is 38.3 Å². The average Bonchev–Trinajstić information content (AvgIpc) is 3.07. The van der Waals surface area contributed by atoms with Gasteiger partial charge in [0.25, 0.3) is 0 Å². The molecule has 1 aromatic heterocycles. The fraction of sp³-hybridized carbons (Fsp3) is 0.667. The monoisotopic (exact) mass is 269 g/mol. The Labute approximate surface area is 111 Å². The summed E-state index contributed by atoms with van der Waals surface area (Å²) in [6, 6.07) is -0.384. The molecule has 3 N–H and O–H groups in total. The van der Waals surface area contributed by atoms with E-state index in [9.17, 15) is 4.79 Å². The van der Waals surface area contributed by atoms with E-state index in [1.54, 1.807) is 17.5 Å². The Morgan fingerprint density at radius 3 is 2.89 bits per heavy atom. The van der Waals surface area contributed by atoms with Crippen LogP contribution in [-0.4, -0.2) is 28.8 Å². The zero-order chi connectivity index (χ0) is 13.0. The molecule has 2 atom stereocenters. The van der Waals surface area contributed by atoms with E-state index in [2.05, 4.69) is 15.6 Å². The minimum absolute atomic E-state index is 0.0150. The van der Waals surface area contributed by atoms with Gasteiger partial charge in [-0.3, -0.25) is 0 Å². The van der Waals surface area contributed by atoms with E-state index in [1.807, 2.05) is 12.3 Å². The highest BCUT2D eigenvalue weighted by atomic mass is 32.1. The standard InChI is InChI=1S/C12H19N3O2S/c1-2-9(7-16)14-12(17)15-10(8-3-4-8)11-13-5-6-18-11/h5-6,8-10,16H,2-4,7H2,1H3,(H2,14,15,17). The van der Waals surface area contributed by atoms with Crippen LogP contribution < -0.4 is 10.6 Å². The summed E-state index contributed by atoms with van der Waals surface area (Å²) in [5.41, 5.74) is 0. The van der Waals surface area contributed by atoms with Gasteiger partial charge in [-0.25, -0.2) is 9.78 Å². The maximum Gasteiger partial charge on any atom is 0.315 e. The van der Waals surface area contributed by atoms with Crippen LogP contribution in [0.2, 0.25) is 0 Å². The molecule has 5 nitrogen and oxygen atoms in total. The number of carbonyl (C=O) groups excluding carboxylic acids is 1. The molecule has 0 bridgehead atoms. The normalized spacial score (nSPS) is 18.1. The van der Waals surface area contributed by atoms with Gasteiger partial charge in [-0.1, -0.05) is 6.92 Å². The van der Waals surface area contributed by atoms with Crippen LogP contribution in [0.15, 0.2) is 11.6 Å². The van der Waals surface area contributed by atoms with Crippen molar-refractivity contribution in [3.63, 3.8) is 0 Å². The van der Waals surface area contributed by atoms with Crippen molar-refractivity contribution in [3.8, 4) is 0 Å². The summed E-state index contributed by atoms with van der Waals surface area (Å²) in [7, 11) is 0. The molecule has 2 unspecified atom stereocenters. The first-order valence-electron chi connectivity index (χ1n) is 6.31. The number of amides is 2. The summed E-state index contributed by atoms with van der Waals surface area (Å²) in [5, 5.41) is 17.7. The van der Waals surface area contributed by atoms with E-state index in [-0.39, 0.29) is 24.7 Å². The van der Waals surface area contributed by atoms with Gasteiger partial charge in [0, 0.05) is 11.6 Å². The number of carbonyl (C=O) groups is 1. The van der Waals surface area contributed by atoms with Gasteiger partial charge in [0.2, 0.25) is 0 Å². The van der Waals surface area contributed by atoms with Gasteiger partial charge in [-0.15, -0.1) is 11.3 Å². The topological polar surface area (TPSA) is 74.2 Å². The van der Waals surface area contributed by atoms with E-state index in [1.165, 1.54) is 0 Å². The second-order valence-electron chi connectivity index (χ2n) is 4.59. The fourth-order valence-corrected chi connectivity index (χ4v) is 2.62. The van der Waals surface area contributed by atoms with Crippen LogP contribution in [0.3, 0.4) is 0 Å². The van der Waals surface area contributed by atoms with Crippen LogP contribution in [-0.2, 0) is 0 Å². The lowest BCUT2D eigenvalue weighted by molar-refractivity contribution is 0.211. The summed E-state index contributed by atoms with van der Waals surface area (Å²) < 4.78 is 0. The lowest BCUT2D eigenvalue weighted by Gasteiger charge is -2.19. The number of nitrogens with one attached hydrogen (secondary N) is 2. The van der Waals surface area contributed by atoms with Crippen molar-refractivity contribution in [1.82, 2.24) is 15.6 Å². The molecule has 18 heavy (non-hydrogen) atoms. The van der Waals surface area contributed by atoms with Crippen molar-refractivity contribution >= 4 is 17.4 Å². The number of nitrogens with zero attached hydrogens (tertiary/aromatic N) is 1. The third kappa shape index (κ3) is 3.43. The summed E-state index contributed by atoms with van der Waals surface area (Å²) in [4.78, 5) is 16.1. The smallest absolute Gasteiger partial charge is 0.315 e. The van der Waals surface area contributed by atoms with E-state index in [4.69, 9.17) is 5.11 Å². The van der Waals surface area contributed by atoms with Crippen LogP contribution in [0, 0.1) is 5.92 Å². The number of urea groups is 1. The molecule has 1 heterocycles. The fourth-order valence-electron chi connectivity index (χ4n) is 1.84. The zero-order valence-corrected chi connectivity index (χ0v) is 11.2. The molecule has 2 amide bonds. The van der Waals surface area contributed by atoms with Gasteiger partial charge in [0.1, 0.15) is 5.01 Å². The largest absolute Gasteiger partial charge is 0.394 e. The second-order valence-corrected chi connectivity index (χ2v) is 5.52. The SMILES string of the molecule is CCC(CO)NC(=O)NC(c1nccs1)C1CC1. The number of aromatic nitrogens is 1. The van der Waals surface area contributed by atoms with Gasteiger partial charge >= 0.3 is 6.03 Å². The maximum absolute atomic E-state index is 11.9. The summed E-state index contributed by atoms with van der Waals surface area (Å²) in [6.45, 7) is 1.90. The lowest BCUT2D eigenvalue weighted by atomic mass is 10.2. The van der Waals surface area contributed by atoms with E-state index in [0.29, 0.717) is 5.92 Å². The number of hydrogen-bond acceptors (Lipinski definition) is 4. The van der Waals surface area contributed by atoms with Gasteiger partial charge < -0.3 is 15.7 Å². The number of aliphatic hydroxyl groups is 1. The Morgan fingerprint density at radius 1 is 1.61 bits per heavy atom. The van der Waals surface area contributed by atoms with E-state index in [0.717, 1.165) is 24.3 Å². The Kier molecular flexibility index (Phi) is 4.54. The van der Waals surface area contributed by atoms with Crippen LogP contribution in [0.25, 0.3) is 0 Å². The summed E-state index contributed by atoms with van der Waals surface area (Å²) in [6.07, 6.45) is 4.76. The molecule has 6 heteroatoms. The molecule has 1 aliphatic rings. The summed E-state index contributed by atoms with van der Waals surface area (Å²) in [5.74, 6) is 0.510.